The Morgan fingerprint density at radius 3 is 1.97 bits per heavy atom. The minimum atomic E-state index is 0.163. The molecule has 172 valence electrons. The van der Waals surface area contributed by atoms with Gasteiger partial charge >= 0.3 is 0 Å². The zero-order chi connectivity index (χ0) is 23.2. The minimum Gasteiger partial charge on any atom is -0.497 e. The molecule has 3 atom stereocenters. The highest BCUT2D eigenvalue weighted by Gasteiger charge is 2.38. The normalized spacial score (nSPS) is 22.2. The first kappa shape index (κ1) is 22.9. The Balaban J connectivity index is 1.64. The highest BCUT2D eigenvalue weighted by atomic mass is 16.6. The average molecular weight is 445 g/mol. The fraction of sp³-hybridized carbons (Fsp3) is 0.321. The van der Waals surface area contributed by atoms with E-state index in [1.165, 1.54) is 11.1 Å². The lowest BCUT2D eigenvalue weighted by Crippen LogP contribution is -2.42. The molecule has 3 unspecified atom stereocenters. The predicted molar refractivity (Wildman–Crippen MR) is 132 cm³/mol. The van der Waals surface area contributed by atoms with Gasteiger partial charge in [-0.3, -0.25) is 4.90 Å². The lowest BCUT2D eigenvalue weighted by molar-refractivity contribution is 0.105. The van der Waals surface area contributed by atoms with Gasteiger partial charge in [-0.25, -0.2) is 0 Å². The molecule has 0 radical (unpaired) electrons. The Labute approximate surface area is 196 Å². The van der Waals surface area contributed by atoms with Gasteiger partial charge in [-0.1, -0.05) is 66.7 Å². The summed E-state index contributed by atoms with van der Waals surface area (Å²) < 4.78 is 10.7. The maximum Gasteiger partial charge on any atom is 0.142 e. The van der Waals surface area contributed by atoms with Crippen molar-refractivity contribution in [3.8, 4) is 11.5 Å². The van der Waals surface area contributed by atoms with Crippen molar-refractivity contribution < 1.29 is 14.3 Å². The molecule has 0 aromatic heterocycles. The van der Waals surface area contributed by atoms with Gasteiger partial charge < -0.3 is 14.3 Å². The molecule has 1 saturated heterocycles. The maximum absolute atomic E-state index is 5.84. The van der Waals surface area contributed by atoms with Crippen molar-refractivity contribution in [1.29, 1.82) is 0 Å². The van der Waals surface area contributed by atoms with E-state index < -0.39 is 0 Å². The molecule has 4 rings (SSSR count). The van der Waals surface area contributed by atoms with E-state index >= 15 is 0 Å². The Morgan fingerprint density at radius 2 is 1.39 bits per heavy atom. The van der Waals surface area contributed by atoms with Crippen molar-refractivity contribution in [3.63, 3.8) is 0 Å². The predicted octanol–water partition coefficient (Wildman–Crippen LogP) is 6.03. The molecule has 0 amide bonds. The van der Waals surface area contributed by atoms with Crippen LogP contribution in [-0.2, 0) is 11.4 Å². The molecule has 3 aromatic rings. The van der Waals surface area contributed by atoms with Gasteiger partial charge in [0.1, 0.15) is 18.1 Å². The van der Waals surface area contributed by atoms with Crippen molar-refractivity contribution in [2.75, 3.05) is 21.3 Å². The zero-order valence-electron chi connectivity index (χ0n) is 19.8. The number of benzene rings is 3. The molecule has 1 fully saturated rings. The van der Waals surface area contributed by atoms with E-state index in [-0.39, 0.29) is 18.0 Å². The molecular formula is C28H32N2O3. The number of nitrogens with zero attached hydrogens (tertiary/aromatic N) is 2. The van der Waals surface area contributed by atoms with Gasteiger partial charge in [0.25, 0.3) is 0 Å². The number of ether oxygens (including phenoxy) is 2. The number of hydrogen-bond donors (Lipinski definition) is 0. The first-order valence-electron chi connectivity index (χ1n) is 11.3. The third kappa shape index (κ3) is 5.20. The molecule has 0 N–H and O–H groups in total. The van der Waals surface area contributed by atoms with E-state index in [2.05, 4.69) is 60.4 Å². The smallest absolute Gasteiger partial charge is 0.142 e. The van der Waals surface area contributed by atoms with Crippen LogP contribution in [0, 0.1) is 5.92 Å². The Hall–Kier alpha value is -3.31. The summed E-state index contributed by atoms with van der Waals surface area (Å²) in [6.07, 6.45) is 0.811. The lowest BCUT2D eigenvalue weighted by atomic mass is 9.80. The van der Waals surface area contributed by atoms with Gasteiger partial charge in [0.05, 0.1) is 19.9 Å². The van der Waals surface area contributed by atoms with Crippen molar-refractivity contribution >= 4 is 5.71 Å². The third-order valence-electron chi connectivity index (χ3n) is 6.55. The topological polar surface area (TPSA) is 43.3 Å². The first-order valence-corrected chi connectivity index (χ1v) is 11.3. The summed E-state index contributed by atoms with van der Waals surface area (Å²) in [7, 11) is 5.58. The van der Waals surface area contributed by atoms with Gasteiger partial charge in [0.15, 0.2) is 0 Å². The highest BCUT2D eigenvalue weighted by Crippen LogP contribution is 2.43. The summed E-state index contributed by atoms with van der Waals surface area (Å²) >= 11 is 0. The highest BCUT2D eigenvalue weighted by molar-refractivity contribution is 5.88. The van der Waals surface area contributed by atoms with Crippen LogP contribution in [0.3, 0.4) is 0 Å². The van der Waals surface area contributed by atoms with Crippen molar-refractivity contribution in [2.45, 2.75) is 32.0 Å². The van der Waals surface area contributed by atoms with E-state index in [1.807, 2.05) is 42.5 Å². The second-order valence-corrected chi connectivity index (χ2v) is 8.51. The average Bonchev–Trinajstić information content (AvgIpc) is 2.86. The monoisotopic (exact) mass is 444 g/mol. The molecule has 33 heavy (non-hydrogen) atoms. The van der Waals surface area contributed by atoms with E-state index in [0.29, 0.717) is 6.61 Å². The van der Waals surface area contributed by atoms with Crippen LogP contribution in [-0.4, -0.2) is 31.9 Å². The number of methoxy groups -OCH3 is 2. The molecule has 1 aliphatic heterocycles. The Kier molecular flexibility index (Phi) is 7.30. The van der Waals surface area contributed by atoms with Crippen LogP contribution < -0.4 is 9.47 Å². The summed E-state index contributed by atoms with van der Waals surface area (Å²) in [5, 5.41) is 4.65. The number of hydrogen-bond acceptors (Lipinski definition) is 5. The molecule has 0 bridgehead atoms. The van der Waals surface area contributed by atoms with Crippen LogP contribution in [0.5, 0.6) is 11.5 Å². The summed E-state index contributed by atoms with van der Waals surface area (Å²) in [4.78, 5) is 8.28. The molecule has 5 heteroatoms. The van der Waals surface area contributed by atoms with Gasteiger partial charge in [-0.2, -0.15) is 0 Å². The number of likely N-dealkylation sites (tertiary alicyclic amines) is 1. The van der Waals surface area contributed by atoms with Crippen LogP contribution >= 0.6 is 0 Å². The number of piperidine rings is 1. The minimum absolute atomic E-state index is 0.163. The quantitative estimate of drug-likeness (QED) is 0.417. The van der Waals surface area contributed by atoms with Gasteiger partial charge in [0, 0.05) is 24.4 Å². The molecular weight excluding hydrogens is 412 g/mol. The SMILES string of the molecule is COc1ccc(C2C/C(=N/OCc3ccccc3)C(C)C(c3ccc(OC)cc3)N2C)cc1. The van der Waals surface area contributed by atoms with Gasteiger partial charge in [-0.05, 0) is 48.0 Å². The molecule has 1 aliphatic rings. The van der Waals surface area contributed by atoms with Crippen LogP contribution in [0.2, 0.25) is 0 Å². The second-order valence-electron chi connectivity index (χ2n) is 8.51. The fourth-order valence-corrected chi connectivity index (χ4v) is 4.65. The standard InChI is InChI=1S/C28H32N2O3/c1-20-26(29-33-19-21-8-6-5-7-9-21)18-27(22-10-14-24(31-3)15-11-22)30(2)28(20)23-12-16-25(32-4)17-13-23/h5-17,20,27-28H,18-19H2,1-4H3/b29-26-. The van der Waals surface area contributed by atoms with Crippen LogP contribution in [0.4, 0.5) is 0 Å². The Morgan fingerprint density at radius 1 is 0.818 bits per heavy atom. The van der Waals surface area contributed by atoms with Crippen LogP contribution in [0.15, 0.2) is 84.0 Å². The molecule has 3 aromatic carbocycles. The van der Waals surface area contributed by atoms with Gasteiger partial charge in [-0.15, -0.1) is 0 Å². The third-order valence-corrected chi connectivity index (χ3v) is 6.55. The van der Waals surface area contributed by atoms with Crippen molar-refractivity contribution in [3.05, 3.63) is 95.6 Å². The first-order chi connectivity index (χ1) is 16.1. The fourth-order valence-electron chi connectivity index (χ4n) is 4.65. The summed E-state index contributed by atoms with van der Waals surface area (Å²) in [5.74, 6) is 1.92. The van der Waals surface area contributed by atoms with Crippen molar-refractivity contribution in [2.24, 2.45) is 11.1 Å². The second kappa shape index (κ2) is 10.5. The maximum atomic E-state index is 5.84. The Bertz CT molecular complexity index is 1050. The zero-order valence-corrected chi connectivity index (χ0v) is 19.8. The van der Waals surface area contributed by atoms with Crippen LogP contribution in [0.1, 0.15) is 42.1 Å². The van der Waals surface area contributed by atoms with E-state index in [4.69, 9.17) is 14.3 Å². The van der Waals surface area contributed by atoms with Crippen LogP contribution in [0.25, 0.3) is 0 Å². The number of rotatable bonds is 7. The van der Waals surface area contributed by atoms with Crippen molar-refractivity contribution in [1.82, 2.24) is 4.90 Å². The molecule has 0 spiro atoms. The summed E-state index contributed by atoms with van der Waals surface area (Å²) in [5.41, 5.74) is 4.66. The summed E-state index contributed by atoms with van der Waals surface area (Å²) in [6.45, 7) is 2.70. The number of oxime groups is 1. The summed E-state index contributed by atoms with van der Waals surface area (Å²) in [6, 6.07) is 27.2. The largest absolute Gasteiger partial charge is 0.497 e. The van der Waals surface area contributed by atoms with Gasteiger partial charge in [0.2, 0.25) is 0 Å². The molecule has 0 saturated carbocycles. The van der Waals surface area contributed by atoms with E-state index in [0.717, 1.165) is 29.2 Å². The lowest BCUT2D eigenvalue weighted by Gasteiger charge is -2.44. The molecule has 0 aliphatic carbocycles. The molecule has 5 nitrogen and oxygen atoms in total. The van der Waals surface area contributed by atoms with E-state index in [1.54, 1.807) is 14.2 Å². The molecule has 1 heterocycles. The van der Waals surface area contributed by atoms with E-state index in [9.17, 15) is 0 Å².